The Morgan fingerprint density at radius 3 is 2.57 bits per heavy atom. The lowest BCUT2D eigenvalue weighted by Crippen LogP contribution is -2.40. The number of likely N-dealkylation sites (tertiary alicyclic amines) is 2. The van der Waals surface area contributed by atoms with Gasteiger partial charge < -0.3 is 15.5 Å². The molecule has 6 nitrogen and oxygen atoms in total. The summed E-state index contributed by atoms with van der Waals surface area (Å²) in [5.41, 5.74) is 2.73. The molecular weight excluding hydrogens is 374 g/mol. The van der Waals surface area contributed by atoms with Gasteiger partial charge in [-0.1, -0.05) is 29.8 Å². The number of nitrogens with zero attached hydrogens (tertiary/aromatic N) is 3. The number of carbonyl (C=O) groups excluding carboxylic acids is 1. The van der Waals surface area contributed by atoms with Crippen LogP contribution >= 0.6 is 0 Å². The van der Waals surface area contributed by atoms with E-state index in [1.807, 2.05) is 4.90 Å². The molecule has 0 aliphatic carbocycles. The molecule has 2 N–H and O–H groups in total. The van der Waals surface area contributed by atoms with Crippen LogP contribution in [0.5, 0.6) is 0 Å². The highest BCUT2D eigenvalue weighted by Gasteiger charge is 2.20. The standard InChI is InChI=1S/C24H39N5O/c1-3-25-24(26-13-5-15-29-14-4-6-23(29)30)27-18-21-11-16-28(17-12-21)19-22-9-7-20(2)8-10-22/h7-10,21H,3-6,11-19H2,1-2H3,(H2,25,26,27). The van der Waals surface area contributed by atoms with Gasteiger partial charge in [0.15, 0.2) is 5.96 Å². The Morgan fingerprint density at radius 2 is 1.90 bits per heavy atom. The summed E-state index contributed by atoms with van der Waals surface area (Å²) in [6.07, 6.45) is 5.13. The molecule has 0 radical (unpaired) electrons. The fraction of sp³-hybridized carbons (Fsp3) is 0.667. The van der Waals surface area contributed by atoms with E-state index < -0.39 is 0 Å². The van der Waals surface area contributed by atoms with Gasteiger partial charge >= 0.3 is 0 Å². The van der Waals surface area contributed by atoms with Gasteiger partial charge in [-0.3, -0.25) is 14.7 Å². The quantitative estimate of drug-likeness (QED) is 0.371. The Balaban J connectivity index is 1.35. The summed E-state index contributed by atoms with van der Waals surface area (Å²) in [6.45, 7) is 12.0. The molecule has 0 unspecified atom stereocenters. The van der Waals surface area contributed by atoms with Crippen molar-refractivity contribution in [3.63, 3.8) is 0 Å². The van der Waals surface area contributed by atoms with E-state index in [-0.39, 0.29) is 0 Å². The summed E-state index contributed by atoms with van der Waals surface area (Å²) in [7, 11) is 0. The van der Waals surface area contributed by atoms with Gasteiger partial charge in [-0.25, -0.2) is 0 Å². The largest absolute Gasteiger partial charge is 0.357 e. The molecule has 2 fully saturated rings. The third-order valence-corrected chi connectivity index (χ3v) is 6.15. The molecule has 2 aliphatic rings. The van der Waals surface area contributed by atoms with Gasteiger partial charge in [0.2, 0.25) is 5.91 Å². The minimum absolute atomic E-state index is 0.310. The second kappa shape index (κ2) is 11.9. The molecular formula is C24H39N5O. The predicted molar refractivity (Wildman–Crippen MR) is 124 cm³/mol. The molecule has 2 aliphatic heterocycles. The molecule has 0 bridgehead atoms. The molecule has 166 valence electrons. The summed E-state index contributed by atoms with van der Waals surface area (Å²) in [5, 5.41) is 6.79. The summed E-state index contributed by atoms with van der Waals surface area (Å²) < 4.78 is 0. The van der Waals surface area contributed by atoms with Crippen molar-refractivity contribution in [1.29, 1.82) is 0 Å². The Bertz CT molecular complexity index is 679. The highest BCUT2D eigenvalue weighted by atomic mass is 16.2. The normalized spacial score (nSPS) is 18.8. The molecule has 1 aromatic carbocycles. The molecule has 0 spiro atoms. The average molecular weight is 414 g/mol. The predicted octanol–water partition coefficient (Wildman–Crippen LogP) is 2.77. The lowest BCUT2D eigenvalue weighted by Gasteiger charge is -2.31. The summed E-state index contributed by atoms with van der Waals surface area (Å²) in [5.74, 6) is 1.88. The van der Waals surface area contributed by atoms with Crippen molar-refractivity contribution >= 4 is 11.9 Å². The van der Waals surface area contributed by atoms with Gasteiger partial charge in [-0.2, -0.15) is 0 Å². The fourth-order valence-electron chi connectivity index (χ4n) is 4.26. The number of rotatable bonds is 9. The van der Waals surface area contributed by atoms with Crippen LogP contribution in [-0.4, -0.2) is 67.5 Å². The van der Waals surface area contributed by atoms with Crippen molar-refractivity contribution in [1.82, 2.24) is 20.4 Å². The Kier molecular flexibility index (Phi) is 9.00. The number of piperidine rings is 1. The third kappa shape index (κ3) is 7.31. The minimum Gasteiger partial charge on any atom is -0.357 e. The highest BCUT2D eigenvalue weighted by molar-refractivity contribution is 5.79. The van der Waals surface area contributed by atoms with Crippen molar-refractivity contribution in [3.8, 4) is 0 Å². The summed E-state index contributed by atoms with van der Waals surface area (Å²) >= 11 is 0. The first-order valence-electron chi connectivity index (χ1n) is 11.7. The van der Waals surface area contributed by atoms with Gasteiger partial charge in [0, 0.05) is 45.7 Å². The molecule has 1 amide bonds. The molecule has 2 heterocycles. The number of nitrogens with one attached hydrogen (secondary N) is 2. The zero-order chi connectivity index (χ0) is 21.2. The van der Waals surface area contributed by atoms with Crippen molar-refractivity contribution in [2.24, 2.45) is 10.9 Å². The number of hydrogen-bond donors (Lipinski definition) is 2. The van der Waals surface area contributed by atoms with Gasteiger partial charge in [-0.05, 0) is 64.1 Å². The summed E-state index contributed by atoms with van der Waals surface area (Å²) in [6, 6.07) is 8.91. The number of amides is 1. The van der Waals surface area contributed by atoms with E-state index in [0.29, 0.717) is 11.8 Å². The zero-order valence-electron chi connectivity index (χ0n) is 18.8. The average Bonchev–Trinajstić information content (AvgIpc) is 3.16. The smallest absolute Gasteiger partial charge is 0.222 e. The van der Waals surface area contributed by atoms with Crippen LogP contribution in [0.1, 0.15) is 50.2 Å². The first kappa shape index (κ1) is 22.6. The topological polar surface area (TPSA) is 60.0 Å². The Morgan fingerprint density at radius 1 is 1.13 bits per heavy atom. The number of carbonyl (C=O) groups is 1. The van der Waals surface area contributed by atoms with E-state index in [2.05, 4.69) is 53.6 Å². The van der Waals surface area contributed by atoms with E-state index in [0.717, 1.165) is 77.6 Å². The van der Waals surface area contributed by atoms with Gasteiger partial charge in [0.1, 0.15) is 0 Å². The van der Waals surface area contributed by atoms with Crippen molar-refractivity contribution < 1.29 is 4.79 Å². The lowest BCUT2D eigenvalue weighted by molar-refractivity contribution is -0.127. The van der Waals surface area contributed by atoms with E-state index in [9.17, 15) is 4.79 Å². The van der Waals surface area contributed by atoms with Crippen LogP contribution < -0.4 is 10.6 Å². The van der Waals surface area contributed by atoms with E-state index in [1.165, 1.54) is 24.0 Å². The second-order valence-electron chi connectivity index (χ2n) is 8.69. The molecule has 0 aromatic heterocycles. The molecule has 2 saturated heterocycles. The number of benzene rings is 1. The molecule has 0 atom stereocenters. The zero-order valence-corrected chi connectivity index (χ0v) is 18.8. The van der Waals surface area contributed by atoms with E-state index in [1.54, 1.807) is 0 Å². The molecule has 3 rings (SSSR count). The van der Waals surface area contributed by atoms with E-state index >= 15 is 0 Å². The number of aryl methyl sites for hydroxylation is 1. The van der Waals surface area contributed by atoms with Crippen molar-refractivity contribution in [2.75, 3.05) is 45.8 Å². The van der Waals surface area contributed by atoms with E-state index in [4.69, 9.17) is 4.99 Å². The van der Waals surface area contributed by atoms with Crippen LogP contribution in [0.25, 0.3) is 0 Å². The lowest BCUT2D eigenvalue weighted by atomic mass is 9.96. The SMILES string of the molecule is CCNC(=NCC1CCN(Cc2ccc(C)cc2)CC1)NCCCN1CCCC1=O. The van der Waals surface area contributed by atoms with Crippen LogP contribution in [0.3, 0.4) is 0 Å². The number of hydrogen-bond acceptors (Lipinski definition) is 3. The first-order chi connectivity index (χ1) is 14.6. The van der Waals surface area contributed by atoms with Crippen LogP contribution in [0.4, 0.5) is 0 Å². The third-order valence-electron chi connectivity index (χ3n) is 6.15. The molecule has 30 heavy (non-hydrogen) atoms. The minimum atomic E-state index is 0.310. The fourth-order valence-corrected chi connectivity index (χ4v) is 4.26. The Labute approximate surface area is 182 Å². The maximum absolute atomic E-state index is 11.7. The van der Waals surface area contributed by atoms with Crippen molar-refractivity contribution in [3.05, 3.63) is 35.4 Å². The summed E-state index contributed by atoms with van der Waals surface area (Å²) in [4.78, 5) is 21.1. The number of aliphatic imine (C=N–C) groups is 1. The maximum atomic E-state index is 11.7. The van der Waals surface area contributed by atoms with Gasteiger partial charge in [-0.15, -0.1) is 0 Å². The molecule has 6 heteroatoms. The highest BCUT2D eigenvalue weighted by Crippen LogP contribution is 2.19. The molecule has 0 saturated carbocycles. The van der Waals surface area contributed by atoms with Crippen LogP contribution in [0.2, 0.25) is 0 Å². The monoisotopic (exact) mass is 413 g/mol. The van der Waals surface area contributed by atoms with Crippen LogP contribution in [-0.2, 0) is 11.3 Å². The Hall–Kier alpha value is -2.08. The van der Waals surface area contributed by atoms with Crippen LogP contribution in [0.15, 0.2) is 29.3 Å². The van der Waals surface area contributed by atoms with Gasteiger partial charge in [0.05, 0.1) is 0 Å². The number of guanidine groups is 1. The second-order valence-corrected chi connectivity index (χ2v) is 8.69. The van der Waals surface area contributed by atoms with Crippen LogP contribution in [0, 0.1) is 12.8 Å². The van der Waals surface area contributed by atoms with Crippen molar-refractivity contribution in [2.45, 2.75) is 52.5 Å². The van der Waals surface area contributed by atoms with Gasteiger partial charge in [0.25, 0.3) is 0 Å². The maximum Gasteiger partial charge on any atom is 0.222 e. The molecule has 1 aromatic rings. The first-order valence-corrected chi connectivity index (χ1v) is 11.7.